The Morgan fingerprint density at radius 3 is 2.86 bits per heavy atom. The van der Waals surface area contributed by atoms with Crippen LogP contribution in [-0.2, 0) is 18.3 Å². The molecule has 2 heterocycles. The van der Waals surface area contributed by atoms with Gasteiger partial charge >= 0.3 is 5.97 Å². The molecule has 1 saturated heterocycles. The van der Waals surface area contributed by atoms with Crippen LogP contribution in [0, 0.1) is 0 Å². The van der Waals surface area contributed by atoms with Crippen molar-refractivity contribution in [2.45, 2.75) is 32.7 Å². The summed E-state index contributed by atoms with van der Waals surface area (Å²) in [4.78, 5) is 14.3. The maximum absolute atomic E-state index is 11.8. The van der Waals surface area contributed by atoms with Gasteiger partial charge < -0.3 is 15.0 Å². The van der Waals surface area contributed by atoms with Gasteiger partial charge in [-0.3, -0.25) is 4.68 Å². The predicted molar refractivity (Wildman–Crippen MR) is 81.2 cm³/mol. The van der Waals surface area contributed by atoms with Crippen molar-refractivity contribution in [2.75, 3.05) is 32.8 Å². The number of aryl methyl sites for hydroxylation is 1. The molecule has 0 spiro atoms. The second-order valence-corrected chi connectivity index (χ2v) is 5.43. The highest BCUT2D eigenvalue weighted by atomic mass is 16.5. The SMILES string of the molecule is CCOC(=O)c1cnn(C)c1CNCCN1CCCCC1. The van der Waals surface area contributed by atoms with Gasteiger partial charge in [0.05, 0.1) is 18.5 Å². The molecule has 1 aromatic rings. The Morgan fingerprint density at radius 1 is 1.38 bits per heavy atom. The van der Waals surface area contributed by atoms with Crippen LogP contribution in [0.25, 0.3) is 0 Å². The van der Waals surface area contributed by atoms with Crippen molar-refractivity contribution in [3.8, 4) is 0 Å². The van der Waals surface area contributed by atoms with E-state index in [-0.39, 0.29) is 5.97 Å². The third-order valence-corrected chi connectivity index (χ3v) is 3.90. The quantitative estimate of drug-likeness (QED) is 0.604. The number of hydrogen-bond acceptors (Lipinski definition) is 5. The summed E-state index contributed by atoms with van der Waals surface area (Å²) in [6.07, 6.45) is 5.57. The molecule has 1 aliphatic heterocycles. The molecule has 0 bridgehead atoms. The maximum Gasteiger partial charge on any atom is 0.341 e. The number of aromatic nitrogens is 2. The first-order valence-corrected chi connectivity index (χ1v) is 7.83. The zero-order valence-corrected chi connectivity index (χ0v) is 13.1. The molecule has 2 rings (SSSR count). The molecular weight excluding hydrogens is 268 g/mol. The summed E-state index contributed by atoms with van der Waals surface area (Å²) in [5.41, 5.74) is 1.44. The Bertz CT molecular complexity index is 453. The summed E-state index contributed by atoms with van der Waals surface area (Å²) in [5.74, 6) is -0.293. The van der Waals surface area contributed by atoms with Gasteiger partial charge in [-0.1, -0.05) is 6.42 Å². The summed E-state index contributed by atoms with van der Waals surface area (Å²) >= 11 is 0. The summed E-state index contributed by atoms with van der Waals surface area (Å²) in [5, 5.41) is 7.56. The summed E-state index contributed by atoms with van der Waals surface area (Å²) in [6, 6.07) is 0. The van der Waals surface area contributed by atoms with Crippen LogP contribution in [0.15, 0.2) is 6.20 Å². The molecule has 1 aliphatic rings. The molecular formula is C15H26N4O2. The molecule has 0 radical (unpaired) electrons. The Balaban J connectivity index is 1.79. The van der Waals surface area contributed by atoms with Gasteiger partial charge in [0.25, 0.3) is 0 Å². The minimum absolute atomic E-state index is 0.293. The van der Waals surface area contributed by atoms with E-state index < -0.39 is 0 Å². The fraction of sp³-hybridized carbons (Fsp3) is 0.733. The zero-order valence-electron chi connectivity index (χ0n) is 13.1. The molecule has 0 aliphatic carbocycles. The lowest BCUT2D eigenvalue weighted by Crippen LogP contribution is -2.36. The molecule has 118 valence electrons. The third kappa shape index (κ3) is 4.54. The molecule has 0 amide bonds. The third-order valence-electron chi connectivity index (χ3n) is 3.90. The number of rotatable bonds is 7. The van der Waals surface area contributed by atoms with Crippen LogP contribution in [-0.4, -0.2) is 53.4 Å². The molecule has 1 N–H and O–H groups in total. The summed E-state index contributed by atoms with van der Waals surface area (Å²) < 4.78 is 6.79. The van der Waals surface area contributed by atoms with Gasteiger partial charge in [0.2, 0.25) is 0 Å². The van der Waals surface area contributed by atoms with E-state index >= 15 is 0 Å². The largest absolute Gasteiger partial charge is 0.462 e. The topological polar surface area (TPSA) is 59.4 Å². The molecule has 0 unspecified atom stereocenters. The highest BCUT2D eigenvalue weighted by Gasteiger charge is 2.16. The average Bonchev–Trinajstić information content (AvgIpc) is 2.86. The van der Waals surface area contributed by atoms with Crippen LogP contribution < -0.4 is 5.32 Å². The molecule has 0 saturated carbocycles. The molecule has 0 aromatic carbocycles. The normalized spacial score (nSPS) is 16.1. The number of piperidine rings is 1. The molecule has 0 atom stereocenters. The Hall–Kier alpha value is -1.40. The number of nitrogens with one attached hydrogen (secondary N) is 1. The van der Waals surface area contributed by atoms with Crippen LogP contribution in [0.1, 0.15) is 42.2 Å². The van der Waals surface area contributed by atoms with E-state index in [0.29, 0.717) is 18.7 Å². The van der Waals surface area contributed by atoms with Gasteiger partial charge in [0.15, 0.2) is 0 Å². The smallest absolute Gasteiger partial charge is 0.341 e. The Kier molecular flexibility index (Phi) is 6.20. The summed E-state index contributed by atoms with van der Waals surface area (Å²) in [6.45, 7) is 7.24. The van der Waals surface area contributed by atoms with E-state index in [2.05, 4.69) is 15.3 Å². The van der Waals surface area contributed by atoms with Crippen molar-refractivity contribution in [3.63, 3.8) is 0 Å². The average molecular weight is 294 g/mol. The van der Waals surface area contributed by atoms with Crippen molar-refractivity contribution in [1.29, 1.82) is 0 Å². The number of nitrogens with zero attached hydrogens (tertiary/aromatic N) is 3. The summed E-state index contributed by atoms with van der Waals surface area (Å²) in [7, 11) is 1.85. The van der Waals surface area contributed by atoms with Crippen LogP contribution >= 0.6 is 0 Å². The van der Waals surface area contributed by atoms with Gasteiger partial charge in [0.1, 0.15) is 5.56 Å². The van der Waals surface area contributed by atoms with E-state index in [1.165, 1.54) is 32.4 Å². The number of ether oxygens (including phenoxy) is 1. The molecule has 1 fully saturated rings. The van der Waals surface area contributed by atoms with Crippen LogP contribution in [0.3, 0.4) is 0 Å². The van der Waals surface area contributed by atoms with Gasteiger partial charge in [-0.05, 0) is 32.9 Å². The number of carbonyl (C=O) groups excluding carboxylic acids is 1. The molecule has 6 nitrogen and oxygen atoms in total. The Morgan fingerprint density at radius 2 is 2.14 bits per heavy atom. The highest BCUT2D eigenvalue weighted by molar-refractivity contribution is 5.90. The van der Waals surface area contributed by atoms with E-state index in [1.807, 2.05) is 14.0 Å². The number of likely N-dealkylation sites (tertiary alicyclic amines) is 1. The monoisotopic (exact) mass is 294 g/mol. The van der Waals surface area contributed by atoms with E-state index in [9.17, 15) is 4.79 Å². The first-order valence-electron chi connectivity index (χ1n) is 7.83. The lowest BCUT2D eigenvalue weighted by molar-refractivity contribution is 0.0524. The zero-order chi connectivity index (χ0) is 15.1. The first kappa shape index (κ1) is 16.0. The maximum atomic E-state index is 11.8. The van der Waals surface area contributed by atoms with Crippen molar-refractivity contribution in [1.82, 2.24) is 20.0 Å². The molecule has 1 aromatic heterocycles. The number of carbonyl (C=O) groups is 1. The van der Waals surface area contributed by atoms with Gasteiger partial charge in [0, 0.05) is 26.7 Å². The van der Waals surface area contributed by atoms with Crippen molar-refractivity contribution in [2.24, 2.45) is 7.05 Å². The van der Waals surface area contributed by atoms with Crippen molar-refractivity contribution >= 4 is 5.97 Å². The van der Waals surface area contributed by atoms with Gasteiger partial charge in [-0.25, -0.2) is 4.79 Å². The Labute approximate surface area is 126 Å². The minimum atomic E-state index is -0.293. The minimum Gasteiger partial charge on any atom is -0.462 e. The second-order valence-electron chi connectivity index (χ2n) is 5.43. The fourth-order valence-electron chi connectivity index (χ4n) is 2.68. The second kappa shape index (κ2) is 8.14. The van der Waals surface area contributed by atoms with Crippen LogP contribution in [0.5, 0.6) is 0 Å². The van der Waals surface area contributed by atoms with Gasteiger partial charge in [-0.15, -0.1) is 0 Å². The lowest BCUT2D eigenvalue weighted by atomic mass is 10.1. The number of esters is 1. The van der Waals surface area contributed by atoms with Crippen molar-refractivity contribution < 1.29 is 9.53 Å². The van der Waals surface area contributed by atoms with E-state index in [0.717, 1.165) is 18.8 Å². The van der Waals surface area contributed by atoms with E-state index in [4.69, 9.17) is 4.74 Å². The van der Waals surface area contributed by atoms with Crippen LogP contribution in [0.4, 0.5) is 0 Å². The number of hydrogen-bond donors (Lipinski definition) is 1. The van der Waals surface area contributed by atoms with Crippen LogP contribution in [0.2, 0.25) is 0 Å². The highest BCUT2D eigenvalue weighted by Crippen LogP contribution is 2.10. The predicted octanol–water partition coefficient (Wildman–Crippen LogP) is 1.17. The molecule has 21 heavy (non-hydrogen) atoms. The van der Waals surface area contributed by atoms with Gasteiger partial charge in [-0.2, -0.15) is 5.10 Å². The standard InChI is InChI=1S/C15H26N4O2/c1-3-21-15(20)13-11-17-18(2)14(13)12-16-7-10-19-8-5-4-6-9-19/h11,16H,3-10,12H2,1-2H3. The van der Waals surface area contributed by atoms with Crippen molar-refractivity contribution in [3.05, 3.63) is 17.5 Å². The molecule has 6 heteroatoms. The fourth-order valence-corrected chi connectivity index (χ4v) is 2.68. The van der Waals surface area contributed by atoms with E-state index in [1.54, 1.807) is 10.9 Å². The lowest BCUT2D eigenvalue weighted by Gasteiger charge is -2.26. The first-order chi connectivity index (χ1) is 10.2.